The van der Waals surface area contributed by atoms with E-state index in [2.05, 4.69) is 10.3 Å². The van der Waals surface area contributed by atoms with Crippen LogP contribution < -0.4 is 10.6 Å². The van der Waals surface area contributed by atoms with Crippen LogP contribution in [-0.2, 0) is 18.4 Å². The van der Waals surface area contributed by atoms with Crippen LogP contribution in [0.5, 0.6) is 0 Å². The summed E-state index contributed by atoms with van der Waals surface area (Å²) in [7, 11) is 1.79. The molecule has 7 heteroatoms. The fourth-order valence-corrected chi connectivity index (χ4v) is 1.95. The van der Waals surface area contributed by atoms with Gasteiger partial charge in [-0.3, -0.25) is 9.48 Å². The van der Waals surface area contributed by atoms with Gasteiger partial charge in [0.15, 0.2) is 0 Å². The van der Waals surface area contributed by atoms with Crippen molar-refractivity contribution in [1.29, 1.82) is 0 Å². The normalized spacial score (nSPS) is 10.4. The van der Waals surface area contributed by atoms with Crippen molar-refractivity contribution in [2.75, 3.05) is 17.2 Å². The molecule has 2 rings (SSSR count). The lowest BCUT2D eigenvalue weighted by Crippen LogP contribution is -2.26. The fraction of sp³-hybridized carbons (Fsp3) is 0.308. The molecule has 0 fully saturated rings. The number of carboxylic acids is 1. The largest absolute Gasteiger partial charge is 0.481 e. The summed E-state index contributed by atoms with van der Waals surface area (Å²) in [6.45, 7) is 0.829. The molecule has 0 radical (unpaired) electrons. The molecule has 0 bridgehead atoms. The summed E-state index contributed by atoms with van der Waals surface area (Å²) < 4.78 is 1.61. The van der Waals surface area contributed by atoms with Crippen molar-refractivity contribution < 1.29 is 9.90 Å². The molecule has 3 N–H and O–H groups in total. The third-order valence-corrected chi connectivity index (χ3v) is 2.88. The highest BCUT2D eigenvalue weighted by molar-refractivity contribution is 5.70. The number of anilines is 2. The second kappa shape index (κ2) is 6.05. The Balaban J connectivity index is 2.20. The van der Waals surface area contributed by atoms with Crippen LogP contribution in [-0.4, -0.2) is 32.6 Å². The summed E-state index contributed by atoms with van der Waals surface area (Å²) in [5.41, 5.74) is 8.14. The first-order valence-corrected chi connectivity index (χ1v) is 6.22. The average molecular weight is 275 g/mol. The van der Waals surface area contributed by atoms with E-state index in [0.29, 0.717) is 18.8 Å². The standard InChI is InChI=1S/C13H17N5O2/c1-17-8-10(15-16-17)9-18(7-6-13(19)20)12-5-3-2-4-11(12)14/h2-5,8H,6-7,9,14H2,1H3,(H,19,20). The van der Waals surface area contributed by atoms with Crippen LogP contribution >= 0.6 is 0 Å². The molecule has 0 saturated heterocycles. The molecule has 0 atom stereocenters. The lowest BCUT2D eigenvalue weighted by molar-refractivity contribution is -0.136. The number of benzene rings is 1. The van der Waals surface area contributed by atoms with Gasteiger partial charge in [0.1, 0.15) is 5.69 Å². The molecular formula is C13H17N5O2. The smallest absolute Gasteiger partial charge is 0.305 e. The van der Waals surface area contributed by atoms with Crippen molar-refractivity contribution in [3.05, 3.63) is 36.2 Å². The number of nitrogen functional groups attached to an aromatic ring is 1. The number of para-hydroxylation sites is 2. The highest BCUT2D eigenvalue weighted by Crippen LogP contribution is 2.24. The van der Waals surface area contributed by atoms with E-state index < -0.39 is 5.97 Å². The minimum Gasteiger partial charge on any atom is -0.481 e. The second-order valence-electron chi connectivity index (χ2n) is 4.51. The monoisotopic (exact) mass is 275 g/mol. The van der Waals surface area contributed by atoms with Gasteiger partial charge >= 0.3 is 5.97 Å². The van der Waals surface area contributed by atoms with Gasteiger partial charge in [0.05, 0.1) is 24.3 Å². The minimum atomic E-state index is -0.844. The van der Waals surface area contributed by atoms with Crippen LogP contribution in [0.2, 0.25) is 0 Å². The van der Waals surface area contributed by atoms with E-state index in [9.17, 15) is 4.79 Å². The Morgan fingerprint density at radius 3 is 2.80 bits per heavy atom. The Hall–Kier alpha value is -2.57. The van der Waals surface area contributed by atoms with Crippen molar-refractivity contribution >= 4 is 17.3 Å². The Morgan fingerprint density at radius 1 is 1.45 bits per heavy atom. The van der Waals surface area contributed by atoms with Gasteiger partial charge in [-0.25, -0.2) is 0 Å². The number of aliphatic carboxylic acids is 1. The van der Waals surface area contributed by atoms with Crippen LogP contribution in [0.15, 0.2) is 30.5 Å². The summed E-state index contributed by atoms with van der Waals surface area (Å²) >= 11 is 0. The summed E-state index contributed by atoms with van der Waals surface area (Å²) in [5, 5.41) is 16.8. The van der Waals surface area contributed by atoms with Crippen molar-refractivity contribution in [2.45, 2.75) is 13.0 Å². The molecule has 20 heavy (non-hydrogen) atoms. The van der Waals surface area contributed by atoms with Crippen LogP contribution in [0.25, 0.3) is 0 Å². The summed E-state index contributed by atoms with van der Waals surface area (Å²) in [5.74, 6) is -0.844. The van der Waals surface area contributed by atoms with Crippen LogP contribution in [0.3, 0.4) is 0 Å². The summed E-state index contributed by atoms with van der Waals surface area (Å²) in [6.07, 6.45) is 1.83. The molecule has 1 heterocycles. The third-order valence-electron chi connectivity index (χ3n) is 2.88. The van der Waals surface area contributed by atoms with E-state index in [1.807, 2.05) is 23.1 Å². The van der Waals surface area contributed by atoms with Crippen molar-refractivity contribution in [2.24, 2.45) is 7.05 Å². The lowest BCUT2D eigenvalue weighted by Gasteiger charge is -2.24. The molecule has 0 amide bonds. The topological polar surface area (TPSA) is 97.3 Å². The first-order chi connectivity index (χ1) is 9.56. The Labute approximate surface area is 116 Å². The van der Waals surface area contributed by atoms with Crippen molar-refractivity contribution in [3.63, 3.8) is 0 Å². The third kappa shape index (κ3) is 3.47. The van der Waals surface area contributed by atoms with Crippen LogP contribution in [0, 0.1) is 0 Å². The van der Waals surface area contributed by atoms with Crippen molar-refractivity contribution in [3.8, 4) is 0 Å². The molecular weight excluding hydrogens is 258 g/mol. The second-order valence-corrected chi connectivity index (χ2v) is 4.51. The highest BCUT2D eigenvalue weighted by Gasteiger charge is 2.13. The first kappa shape index (κ1) is 13.9. The van der Waals surface area contributed by atoms with Crippen LogP contribution in [0.4, 0.5) is 11.4 Å². The summed E-state index contributed by atoms with van der Waals surface area (Å²) in [6, 6.07) is 7.37. The zero-order valence-electron chi connectivity index (χ0n) is 11.2. The molecule has 0 spiro atoms. The molecule has 0 unspecified atom stereocenters. The van der Waals surface area contributed by atoms with E-state index >= 15 is 0 Å². The number of hydrogen-bond acceptors (Lipinski definition) is 5. The number of aromatic nitrogens is 3. The lowest BCUT2D eigenvalue weighted by atomic mass is 10.2. The van der Waals surface area contributed by atoms with Gasteiger partial charge < -0.3 is 15.7 Å². The first-order valence-electron chi connectivity index (χ1n) is 6.22. The maximum absolute atomic E-state index is 10.8. The molecule has 0 aliphatic heterocycles. The number of carbonyl (C=O) groups is 1. The number of carboxylic acid groups (broad SMARTS) is 1. The van der Waals surface area contributed by atoms with Gasteiger partial charge in [0.25, 0.3) is 0 Å². The molecule has 0 saturated carbocycles. The van der Waals surface area contributed by atoms with Gasteiger partial charge in [0.2, 0.25) is 0 Å². The van der Waals surface area contributed by atoms with Gasteiger partial charge in [-0.1, -0.05) is 17.3 Å². The van der Waals surface area contributed by atoms with Crippen molar-refractivity contribution in [1.82, 2.24) is 15.0 Å². The molecule has 0 aliphatic carbocycles. The van der Waals surface area contributed by atoms with Crippen LogP contribution in [0.1, 0.15) is 12.1 Å². The van der Waals surface area contributed by atoms with E-state index in [-0.39, 0.29) is 6.42 Å². The van der Waals surface area contributed by atoms with Gasteiger partial charge in [0, 0.05) is 19.8 Å². The molecule has 1 aromatic carbocycles. The minimum absolute atomic E-state index is 0.0363. The number of aryl methyl sites for hydroxylation is 1. The van der Waals surface area contributed by atoms with E-state index in [0.717, 1.165) is 11.4 Å². The van der Waals surface area contributed by atoms with E-state index in [1.54, 1.807) is 24.0 Å². The predicted molar refractivity (Wildman–Crippen MR) is 75.2 cm³/mol. The zero-order chi connectivity index (χ0) is 14.5. The average Bonchev–Trinajstić information content (AvgIpc) is 2.81. The number of hydrogen-bond donors (Lipinski definition) is 2. The maximum Gasteiger partial charge on any atom is 0.305 e. The molecule has 0 aliphatic rings. The highest BCUT2D eigenvalue weighted by atomic mass is 16.4. The zero-order valence-corrected chi connectivity index (χ0v) is 11.2. The predicted octanol–water partition coefficient (Wildman–Crippen LogP) is 0.879. The van der Waals surface area contributed by atoms with Gasteiger partial charge in [-0.15, -0.1) is 5.10 Å². The Bertz CT molecular complexity index is 596. The maximum atomic E-state index is 10.8. The van der Waals surface area contributed by atoms with Gasteiger partial charge in [-0.05, 0) is 12.1 Å². The SMILES string of the molecule is Cn1cc(CN(CCC(=O)O)c2ccccc2N)nn1. The fourth-order valence-electron chi connectivity index (χ4n) is 1.95. The quantitative estimate of drug-likeness (QED) is 0.759. The molecule has 2 aromatic rings. The number of nitrogens with two attached hydrogens (primary N) is 1. The van der Waals surface area contributed by atoms with Gasteiger partial charge in [-0.2, -0.15) is 0 Å². The molecule has 7 nitrogen and oxygen atoms in total. The Kier molecular flexibility index (Phi) is 4.19. The molecule has 106 valence electrons. The van der Waals surface area contributed by atoms with E-state index in [4.69, 9.17) is 10.8 Å². The molecule has 1 aromatic heterocycles. The number of nitrogens with zero attached hydrogens (tertiary/aromatic N) is 4. The number of rotatable bonds is 6. The summed E-state index contributed by atoms with van der Waals surface area (Å²) in [4.78, 5) is 12.7. The Morgan fingerprint density at radius 2 is 2.20 bits per heavy atom. The van der Waals surface area contributed by atoms with E-state index in [1.165, 1.54) is 0 Å².